The Balaban J connectivity index is 1.84. The monoisotopic (exact) mass is 271 g/mol. The number of hydrogen-bond acceptors (Lipinski definition) is 4. The molecular weight excluding hydrogens is 254 g/mol. The van der Waals surface area contributed by atoms with E-state index in [4.69, 9.17) is 4.74 Å². The summed E-state index contributed by atoms with van der Waals surface area (Å²) in [5.74, 6) is 0.492. The van der Waals surface area contributed by atoms with Crippen molar-refractivity contribution in [1.29, 1.82) is 0 Å². The lowest BCUT2D eigenvalue weighted by molar-refractivity contribution is -0.138. The Hall–Kier alpha value is -2.49. The number of anilines is 1. The predicted octanol–water partition coefficient (Wildman–Crippen LogP) is 2.85. The Bertz CT molecular complexity index is 537. The third kappa shape index (κ3) is 4.31. The van der Waals surface area contributed by atoms with Crippen LogP contribution in [0.1, 0.15) is 5.56 Å². The van der Waals surface area contributed by atoms with Crippen molar-refractivity contribution in [2.24, 2.45) is 0 Å². The van der Waals surface area contributed by atoms with Gasteiger partial charge < -0.3 is 14.8 Å². The molecule has 0 unspecified atom stereocenters. The molecule has 0 saturated carbocycles. The Kier molecular flexibility index (Phi) is 5.00. The second-order valence-corrected chi connectivity index (χ2v) is 4.23. The van der Waals surface area contributed by atoms with Crippen LogP contribution in [0.2, 0.25) is 0 Å². The number of rotatable bonds is 6. The van der Waals surface area contributed by atoms with Gasteiger partial charge in [-0.3, -0.25) is 4.79 Å². The summed E-state index contributed by atoms with van der Waals surface area (Å²) < 4.78 is 10.2. The molecule has 0 aromatic heterocycles. The smallest absolute Gasteiger partial charge is 0.325 e. The van der Waals surface area contributed by atoms with Crippen LogP contribution in [-0.2, 0) is 16.1 Å². The highest BCUT2D eigenvalue weighted by Gasteiger charge is 2.00. The largest absolute Gasteiger partial charge is 0.489 e. The van der Waals surface area contributed by atoms with Gasteiger partial charge in [0.05, 0.1) is 7.11 Å². The van der Waals surface area contributed by atoms with Crippen LogP contribution >= 0.6 is 0 Å². The first-order chi connectivity index (χ1) is 9.78. The molecule has 104 valence electrons. The van der Waals surface area contributed by atoms with Gasteiger partial charge in [0.1, 0.15) is 18.9 Å². The number of hydrogen-bond donors (Lipinski definition) is 1. The van der Waals surface area contributed by atoms with Crippen LogP contribution in [0, 0.1) is 0 Å². The lowest BCUT2D eigenvalue weighted by Gasteiger charge is -2.08. The number of ether oxygens (including phenoxy) is 2. The highest BCUT2D eigenvalue weighted by atomic mass is 16.5. The molecule has 4 nitrogen and oxygen atoms in total. The van der Waals surface area contributed by atoms with Crippen LogP contribution in [-0.4, -0.2) is 19.6 Å². The molecule has 20 heavy (non-hydrogen) atoms. The summed E-state index contributed by atoms with van der Waals surface area (Å²) in [6.45, 7) is 0.691. The number of methoxy groups -OCH3 is 1. The van der Waals surface area contributed by atoms with E-state index in [2.05, 4.69) is 10.1 Å². The predicted molar refractivity (Wildman–Crippen MR) is 77.7 cm³/mol. The number of carbonyl (C=O) groups is 1. The van der Waals surface area contributed by atoms with Crippen molar-refractivity contribution in [1.82, 2.24) is 0 Å². The minimum absolute atomic E-state index is 0.153. The van der Waals surface area contributed by atoms with E-state index in [1.165, 1.54) is 7.11 Å². The fraction of sp³-hybridized carbons (Fsp3) is 0.188. The van der Waals surface area contributed by atoms with Gasteiger partial charge in [0.2, 0.25) is 0 Å². The zero-order valence-electron chi connectivity index (χ0n) is 11.3. The second-order valence-electron chi connectivity index (χ2n) is 4.23. The first kappa shape index (κ1) is 13.9. The zero-order chi connectivity index (χ0) is 14.2. The first-order valence-electron chi connectivity index (χ1n) is 6.35. The van der Waals surface area contributed by atoms with Crippen molar-refractivity contribution in [3.63, 3.8) is 0 Å². The maximum atomic E-state index is 11.0. The van der Waals surface area contributed by atoms with Gasteiger partial charge >= 0.3 is 5.97 Å². The minimum atomic E-state index is -0.297. The fourth-order valence-electron chi connectivity index (χ4n) is 1.66. The van der Waals surface area contributed by atoms with Crippen molar-refractivity contribution < 1.29 is 14.3 Å². The quantitative estimate of drug-likeness (QED) is 0.821. The standard InChI is InChI=1S/C16H17NO3/c1-19-16(18)11-17-14-7-9-15(10-8-14)20-12-13-5-3-2-4-6-13/h2-10,17H,11-12H2,1H3. The van der Waals surface area contributed by atoms with E-state index < -0.39 is 0 Å². The molecule has 0 aliphatic carbocycles. The van der Waals surface area contributed by atoms with Gasteiger partial charge in [-0.05, 0) is 29.8 Å². The molecule has 0 radical (unpaired) electrons. The van der Waals surface area contributed by atoms with Crippen LogP contribution in [0.3, 0.4) is 0 Å². The second kappa shape index (κ2) is 7.19. The third-order valence-electron chi connectivity index (χ3n) is 2.77. The molecule has 0 bridgehead atoms. The molecule has 2 aromatic rings. The number of esters is 1. The number of benzene rings is 2. The normalized spacial score (nSPS) is 9.85. The summed E-state index contributed by atoms with van der Waals surface area (Å²) in [4.78, 5) is 11.0. The average Bonchev–Trinajstić information content (AvgIpc) is 2.52. The third-order valence-corrected chi connectivity index (χ3v) is 2.77. The van der Waals surface area contributed by atoms with E-state index in [9.17, 15) is 4.79 Å². The van der Waals surface area contributed by atoms with Crippen molar-refractivity contribution >= 4 is 11.7 Å². The van der Waals surface area contributed by atoms with E-state index in [0.717, 1.165) is 17.0 Å². The summed E-state index contributed by atoms with van der Waals surface area (Å²) in [6.07, 6.45) is 0. The molecule has 2 aromatic carbocycles. The molecule has 0 saturated heterocycles. The maximum absolute atomic E-state index is 11.0. The van der Waals surface area contributed by atoms with Crippen LogP contribution in [0.4, 0.5) is 5.69 Å². The lowest BCUT2D eigenvalue weighted by atomic mass is 10.2. The molecule has 1 N–H and O–H groups in total. The van der Waals surface area contributed by atoms with E-state index in [1.54, 1.807) is 0 Å². The maximum Gasteiger partial charge on any atom is 0.325 e. The van der Waals surface area contributed by atoms with Crippen LogP contribution < -0.4 is 10.1 Å². The van der Waals surface area contributed by atoms with Gasteiger partial charge in [0.15, 0.2) is 0 Å². The summed E-state index contributed by atoms with van der Waals surface area (Å²) in [5.41, 5.74) is 1.97. The topological polar surface area (TPSA) is 47.6 Å². The van der Waals surface area contributed by atoms with E-state index in [0.29, 0.717) is 6.61 Å². The van der Waals surface area contributed by atoms with E-state index >= 15 is 0 Å². The van der Waals surface area contributed by atoms with E-state index in [-0.39, 0.29) is 12.5 Å². The minimum Gasteiger partial charge on any atom is -0.489 e. The summed E-state index contributed by atoms with van der Waals surface area (Å²) in [7, 11) is 1.37. The van der Waals surface area contributed by atoms with Crippen molar-refractivity contribution in [2.75, 3.05) is 19.0 Å². The number of carbonyl (C=O) groups excluding carboxylic acids is 1. The van der Waals surface area contributed by atoms with Crippen molar-refractivity contribution in [3.05, 3.63) is 60.2 Å². The molecule has 0 spiro atoms. The van der Waals surface area contributed by atoms with Crippen molar-refractivity contribution in [2.45, 2.75) is 6.61 Å². The summed E-state index contributed by atoms with van der Waals surface area (Å²) >= 11 is 0. The molecule has 2 rings (SSSR count). The molecule has 0 atom stereocenters. The van der Waals surface area contributed by atoms with Gasteiger partial charge in [-0.15, -0.1) is 0 Å². The summed E-state index contributed by atoms with van der Waals surface area (Å²) in [6, 6.07) is 17.4. The van der Waals surface area contributed by atoms with Crippen LogP contribution in [0.5, 0.6) is 5.75 Å². The van der Waals surface area contributed by atoms with Gasteiger partial charge in [-0.25, -0.2) is 0 Å². The van der Waals surface area contributed by atoms with E-state index in [1.807, 2.05) is 54.6 Å². The molecule has 0 aliphatic heterocycles. The van der Waals surface area contributed by atoms with Gasteiger partial charge in [-0.2, -0.15) is 0 Å². The molecule has 0 aliphatic rings. The Morgan fingerprint density at radius 3 is 2.40 bits per heavy atom. The Labute approximate surface area is 118 Å². The number of nitrogens with one attached hydrogen (secondary N) is 1. The van der Waals surface area contributed by atoms with Crippen LogP contribution in [0.25, 0.3) is 0 Å². The molecule has 0 amide bonds. The SMILES string of the molecule is COC(=O)CNc1ccc(OCc2ccccc2)cc1. The zero-order valence-corrected chi connectivity index (χ0v) is 11.3. The molecule has 0 heterocycles. The van der Waals surface area contributed by atoms with Crippen molar-refractivity contribution in [3.8, 4) is 5.75 Å². The van der Waals surface area contributed by atoms with Gasteiger partial charge in [0, 0.05) is 5.69 Å². The first-order valence-corrected chi connectivity index (χ1v) is 6.35. The Morgan fingerprint density at radius 1 is 1.05 bits per heavy atom. The van der Waals surface area contributed by atoms with Gasteiger partial charge in [-0.1, -0.05) is 30.3 Å². The average molecular weight is 271 g/mol. The summed E-state index contributed by atoms with van der Waals surface area (Å²) in [5, 5.41) is 2.97. The fourth-order valence-corrected chi connectivity index (χ4v) is 1.66. The molecular formula is C16H17NO3. The van der Waals surface area contributed by atoms with Gasteiger partial charge in [0.25, 0.3) is 0 Å². The highest BCUT2D eigenvalue weighted by molar-refractivity contribution is 5.74. The lowest BCUT2D eigenvalue weighted by Crippen LogP contribution is -2.14. The highest BCUT2D eigenvalue weighted by Crippen LogP contribution is 2.16. The molecule has 0 fully saturated rings. The Morgan fingerprint density at radius 2 is 1.75 bits per heavy atom. The molecule has 4 heteroatoms. The van der Waals surface area contributed by atoms with Crippen LogP contribution in [0.15, 0.2) is 54.6 Å².